The van der Waals surface area contributed by atoms with Crippen LogP contribution in [0.4, 0.5) is 10.5 Å². The number of hydrogen-bond acceptors (Lipinski definition) is 4. The number of carbonyl (C=O) groups is 2. The van der Waals surface area contributed by atoms with Gasteiger partial charge < -0.3 is 26.0 Å². The van der Waals surface area contributed by atoms with Crippen molar-refractivity contribution in [2.24, 2.45) is 4.99 Å². The topological polar surface area (TPSA) is 119 Å². The van der Waals surface area contributed by atoms with Crippen molar-refractivity contribution in [1.29, 1.82) is 0 Å². The summed E-state index contributed by atoms with van der Waals surface area (Å²) >= 11 is 0. The molecule has 5 aromatic rings. The third-order valence-electron chi connectivity index (χ3n) is 7.19. The van der Waals surface area contributed by atoms with E-state index in [2.05, 4.69) is 20.9 Å². The first-order valence-corrected chi connectivity index (χ1v) is 14.4. The summed E-state index contributed by atoms with van der Waals surface area (Å²) in [7, 11) is 0. The highest BCUT2D eigenvalue weighted by Gasteiger charge is 2.20. The number of nitrogens with zero attached hydrogens (tertiary/aromatic N) is 1. The molecule has 0 spiro atoms. The zero-order chi connectivity index (χ0) is 30.2. The number of urea groups is 1. The predicted molar refractivity (Wildman–Crippen MR) is 172 cm³/mol. The smallest absolute Gasteiger partial charge is 0.319 e. The Bertz CT molecular complexity index is 1730. The van der Waals surface area contributed by atoms with Gasteiger partial charge in [-0.2, -0.15) is 0 Å². The number of aromatic amines is 1. The first-order chi connectivity index (χ1) is 20.9. The normalized spacial score (nSPS) is 12.1. The van der Waals surface area contributed by atoms with Crippen LogP contribution in [0.15, 0.2) is 108 Å². The second kappa shape index (κ2) is 13.5. The number of amides is 3. The molecule has 5 N–H and O–H groups in total. The molecule has 0 unspecified atom stereocenters. The van der Waals surface area contributed by atoms with E-state index in [1.165, 1.54) is 0 Å². The van der Waals surface area contributed by atoms with Gasteiger partial charge in [-0.1, -0.05) is 72.8 Å². The third-order valence-corrected chi connectivity index (χ3v) is 7.19. The molecule has 218 valence electrons. The zero-order valence-corrected chi connectivity index (χ0v) is 24.2. The summed E-state index contributed by atoms with van der Waals surface area (Å²) in [6.45, 7) is 4.84. The first kappa shape index (κ1) is 29.1. The van der Waals surface area contributed by atoms with Gasteiger partial charge in [0, 0.05) is 40.8 Å². The molecular weight excluding hydrogens is 538 g/mol. The number of carbonyl (C=O) groups excluding carboxylic acids is 2. The molecule has 0 saturated carbocycles. The zero-order valence-electron chi connectivity index (χ0n) is 24.2. The fourth-order valence-electron chi connectivity index (χ4n) is 4.96. The van der Waals surface area contributed by atoms with E-state index in [1.807, 2.05) is 98.8 Å². The standard InChI is InChI=1S/C35H35N5O3/c1-3-36-35(43)39-28-17-14-24(15-18-28)20-21-37-32(26-12-8-5-9-13-26)31-29-22-27(16-19-30(29)40-34(31)42)33(41)38-23(2)25-10-6-4-7-11-25/h4-19,22-23,40,42H,3,20-21H2,1-2H3,(H,38,41)(H2,36,39,43)/t23-/m1/s1. The lowest BCUT2D eigenvalue weighted by atomic mass is 9.99. The number of fused-ring (bicyclic) bond motifs is 1. The van der Waals surface area contributed by atoms with Crippen LogP contribution in [0, 0.1) is 0 Å². The quantitative estimate of drug-likeness (QED) is 0.121. The SMILES string of the molecule is CCNC(=O)Nc1ccc(CCN=C(c2ccccc2)c2c(O)[nH]c3ccc(C(=O)N[C@H](C)c4ccccc4)cc23)cc1. The monoisotopic (exact) mass is 573 g/mol. The Labute approximate surface area is 250 Å². The van der Waals surface area contributed by atoms with Gasteiger partial charge in [0.1, 0.15) is 0 Å². The van der Waals surface area contributed by atoms with Gasteiger partial charge in [0.2, 0.25) is 0 Å². The Balaban J connectivity index is 1.41. The Hall–Kier alpha value is -5.37. The van der Waals surface area contributed by atoms with Gasteiger partial charge in [0.25, 0.3) is 5.91 Å². The molecular formula is C35H35N5O3. The van der Waals surface area contributed by atoms with E-state index in [4.69, 9.17) is 4.99 Å². The number of hydrogen-bond donors (Lipinski definition) is 5. The average molecular weight is 574 g/mol. The van der Waals surface area contributed by atoms with Crippen molar-refractivity contribution in [3.05, 3.63) is 131 Å². The van der Waals surface area contributed by atoms with Gasteiger partial charge >= 0.3 is 6.03 Å². The Morgan fingerprint density at radius 3 is 2.28 bits per heavy atom. The Morgan fingerprint density at radius 1 is 0.884 bits per heavy atom. The highest BCUT2D eigenvalue weighted by atomic mass is 16.3. The molecule has 1 aromatic heterocycles. The van der Waals surface area contributed by atoms with Crippen molar-refractivity contribution in [1.82, 2.24) is 15.6 Å². The molecule has 0 aliphatic carbocycles. The highest BCUT2D eigenvalue weighted by molar-refractivity contribution is 6.21. The van der Waals surface area contributed by atoms with Crippen molar-refractivity contribution in [3.8, 4) is 5.88 Å². The summed E-state index contributed by atoms with van der Waals surface area (Å²) < 4.78 is 0. The molecule has 0 aliphatic heterocycles. The lowest BCUT2D eigenvalue weighted by Crippen LogP contribution is -2.28. The molecule has 1 atom stereocenters. The second-order valence-electron chi connectivity index (χ2n) is 10.2. The van der Waals surface area contributed by atoms with Crippen LogP contribution in [-0.4, -0.2) is 40.8 Å². The molecule has 0 bridgehead atoms. The van der Waals surface area contributed by atoms with Crippen LogP contribution < -0.4 is 16.0 Å². The van der Waals surface area contributed by atoms with Gasteiger partial charge in [-0.15, -0.1) is 0 Å². The van der Waals surface area contributed by atoms with Crippen molar-refractivity contribution in [2.75, 3.05) is 18.4 Å². The Kier molecular flexibility index (Phi) is 9.17. The number of anilines is 1. The van der Waals surface area contributed by atoms with Crippen molar-refractivity contribution in [3.63, 3.8) is 0 Å². The minimum absolute atomic E-state index is 0.00593. The molecule has 43 heavy (non-hydrogen) atoms. The maximum absolute atomic E-state index is 13.2. The molecule has 0 saturated heterocycles. The van der Waals surface area contributed by atoms with Gasteiger partial charge in [-0.3, -0.25) is 9.79 Å². The van der Waals surface area contributed by atoms with E-state index in [-0.39, 0.29) is 23.9 Å². The van der Waals surface area contributed by atoms with Crippen LogP contribution in [0.1, 0.15) is 52.5 Å². The third kappa shape index (κ3) is 7.11. The van der Waals surface area contributed by atoms with E-state index in [1.54, 1.807) is 18.2 Å². The summed E-state index contributed by atoms with van der Waals surface area (Å²) in [5, 5.41) is 20.4. The molecule has 0 aliphatic rings. The Morgan fingerprint density at radius 2 is 1.58 bits per heavy atom. The number of aromatic hydroxyl groups is 1. The number of benzene rings is 4. The number of aliphatic imine (C=N–C) groups is 1. The van der Waals surface area contributed by atoms with E-state index in [0.717, 1.165) is 16.7 Å². The summed E-state index contributed by atoms with van der Waals surface area (Å²) in [4.78, 5) is 33.0. The highest BCUT2D eigenvalue weighted by Crippen LogP contribution is 2.31. The van der Waals surface area contributed by atoms with Crippen LogP contribution in [0.2, 0.25) is 0 Å². The largest absolute Gasteiger partial charge is 0.494 e. The summed E-state index contributed by atoms with van der Waals surface area (Å²) in [5.41, 5.74) is 6.03. The number of aromatic nitrogens is 1. The number of H-pyrrole nitrogens is 1. The van der Waals surface area contributed by atoms with Gasteiger partial charge in [0.05, 0.1) is 17.3 Å². The number of rotatable bonds is 10. The van der Waals surface area contributed by atoms with Gasteiger partial charge in [0.15, 0.2) is 5.88 Å². The van der Waals surface area contributed by atoms with E-state index < -0.39 is 0 Å². The van der Waals surface area contributed by atoms with E-state index >= 15 is 0 Å². The van der Waals surface area contributed by atoms with Crippen LogP contribution in [0.5, 0.6) is 5.88 Å². The summed E-state index contributed by atoms with van der Waals surface area (Å²) in [6.07, 6.45) is 0.659. The summed E-state index contributed by atoms with van der Waals surface area (Å²) in [5.74, 6) is -0.207. The molecule has 1 heterocycles. The minimum atomic E-state index is -0.239. The maximum Gasteiger partial charge on any atom is 0.319 e. The van der Waals surface area contributed by atoms with Crippen molar-refractivity contribution in [2.45, 2.75) is 26.3 Å². The van der Waals surface area contributed by atoms with Crippen molar-refractivity contribution < 1.29 is 14.7 Å². The van der Waals surface area contributed by atoms with E-state index in [9.17, 15) is 14.7 Å². The average Bonchev–Trinajstić information content (AvgIpc) is 3.35. The first-order valence-electron chi connectivity index (χ1n) is 14.4. The predicted octanol–water partition coefficient (Wildman–Crippen LogP) is 6.59. The fourth-order valence-corrected chi connectivity index (χ4v) is 4.96. The maximum atomic E-state index is 13.2. The molecule has 5 rings (SSSR count). The second-order valence-corrected chi connectivity index (χ2v) is 10.2. The molecule has 8 heteroatoms. The molecule has 8 nitrogen and oxygen atoms in total. The van der Waals surface area contributed by atoms with Crippen LogP contribution in [0.25, 0.3) is 10.9 Å². The van der Waals surface area contributed by atoms with Crippen LogP contribution in [-0.2, 0) is 6.42 Å². The van der Waals surface area contributed by atoms with Crippen molar-refractivity contribution >= 4 is 34.2 Å². The molecule has 0 radical (unpaired) electrons. The number of nitrogens with one attached hydrogen (secondary N) is 4. The minimum Gasteiger partial charge on any atom is -0.494 e. The fraction of sp³-hybridized carbons (Fsp3) is 0.171. The van der Waals surface area contributed by atoms with Gasteiger partial charge in [-0.25, -0.2) is 4.79 Å². The molecule has 4 aromatic carbocycles. The van der Waals surface area contributed by atoms with E-state index in [0.29, 0.717) is 52.9 Å². The summed E-state index contributed by atoms with van der Waals surface area (Å²) in [6, 6.07) is 32.1. The van der Waals surface area contributed by atoms with Crippen LogP contribution in [0.3, 0.4) is 0 Å². The van der Waals surface area contributed by atoms with Gasteiger partial charge in [-0.05, 0) is 61.7 Å². The lowest BCUT2D eigenvalue weighted by Gasteiger charge is -2.14. The molecule has 0 fully saturated rings. The molecule has 3 amide bonds. The lowest BCUT2D eigenvalue weighted by molar-refractivity contribution is 0.0940. The van der Waals surface area contributed by atoms with Crippen LogP contribution >= 0.6 is 0 Å².